The number of hydrogen-bond acceptors (Lipinski definition) is 2. The number of benzene rings is 2. The zero-order valence-corrected chi connectivity index (χ0v) is 15.3. The van der Waals surface area contributed by atoms with Crippen molar-refractivity contribution in [1.29, 1.82) is 5.26 Å². The van der Waals surface area contributed by atoms with E-state index >= 15 is 0 Å². The van der Waals surface area contributed by atoms with E-state index in [1.54, 1.807) is 0 Å². The maximum Gasteiger partial charge on any atom is 0.0912 e. The summed E-state index contributed by atoms with van der Waals surface area (Å²) in [6, 6.07) is 14.7. The molecule has 0 radical (unpaired) electrons. The summed E-state index contributed by atoms with van der Waals surface area (Å²) < 4.78 is 0. The second kappa shape index (κ2) is 10.4. The van der Waals surface area contributed by atoms with Crippen LogP contribution in [0.2, 0.25) is 0 Å². The molecule has 2 nitrogen and oxygen atoms in total. The van der Waals surface area contributed by atoms with Gasteiger partial charge in [0.2, 0.25) is 0 Å². The highest BCUT2D eigenvalue weighted by atomic mass is 14.5. The van der Waals surface area contributed by atoms with E-state index < -0.39 is 0 Å². The van der Waals surface area contributed by atoms with Crippen LogP contribution >= 0.6 is 0 Å². The minimum atomic E-state index is 0.785. The van der Waals surface area contributed by atoms with Gasteiger partial charge in [0.25, 0.3) is 0 Å². The Balaban J connectivity index is 0.000000240. The molecular formula is C22H28N2. The van der Waals surface area contributed by atoms with E-state index in [2.05, 4.69) is 58.0 Å². The molecule has 0 aliphatic heterocycles. The highest BCUT2D eigenvalue weighted by Crippen LogP contribution is 2.11. The van der Waals surface area contributed by atoms with Gasteiger partial charge in [0.15, 0.2) is 0 Å². The van der Waals surface area contributed by atoms with Crippen LogP contribution in [-0.4, -0.2) is 6.54 Å². The number of nitriles is 1. The molecule has 2 N–H and O–H groups in total. The SMILES string of the molecule is Cc1ccc(/C=C/C#N)cc1C.Cc1ccc(CCCN)cc1C. The van der Waals surface area contributed by atoms with E-state index in [9.17, 15) is 0 Å². The first-order valence-corrected chi connectivity index (χ1v) is 8.37. The van der Waals surface area contributed by atoms with Crippen molar-refractivity contribution in [2.45, 2.75) is 40.5 Å². The molecule has 2 rings (SSSR count). The van der Waals surface area contributed by atoms with Crippen LogP contribution in [0.5, 0.6) is 0 Å². The highest BCUT2D eigenvalue weighted by Gasteiger charge is 1.95. The van der Waals surface area contributed by atoms with Crippen molar-refractivity contribution in [2.75, 3.05) is 6.54 Å². The van der Waals surface area contributed by atoms with Crippen LogP contribution in [0.4, 0.5) is 0 Å². The van der Waals surface area contributed by atoms with Crippen LogP contribution in [0.1, 0.15) is 39.8 Å². The first-order valence-electron chi connectivity index (χ1n) is 8.37. The molecule has 0 bridgehead atoms. The highest BCUT2D eigenvalue weighted by molar-refractivity contribution is 5.53. The minimum absolute atomic E-state index is 0.785. The van der Waals surface area contributed by atoms with Gasteiger partial charge in [-0.2, -0.15) is 5.26 Å². The zero-order chi connectivity index (χ0) is 17.9. The molecule has 0 heterocycles. The predicted octanol–water partition coefficient (Wildman–Crippen LogP) is 5.03. The average molecular weight is 320 g/mol. The first-order chi connectivity index (χ1) is 11.5. The Morgan fingerprint density at radius 3 is 2.08 bits per heavy atom. The molecule has 0 atom stereocenters. The van der Waals surface area contributed by atoms with Gasteiger partial charge < -0.3 is 5.73 Å². The minimum Gasteiger partial charge on any atom is -0.330 e. The smallest absolute Gasteiger partial charge is 0.0912 e. The molecule has 2 aromatic rings. The average Bonchev–Trinajstić information content (AvgIpc) is 2.57. The maximum absolute atomic E-state index is 8.31. The molecule has 0 fully saturated rings. The van der Waals surface area contributed by atoms with Gasteiger partial charge >= 0.3 is 0 Å². The molecule has 0 saturated heterocycles. The lowest BCUT2D eigenvalue weighted by molar-refractivity contribution is 0.831. The van der Waals surface area contributed by atoms with Crippen LogP contribution in [0.3, 0.4) is 0 Å². The van der Waals surface area contributed by atoms with Gasteiger partial charge in [0.05, 0.1) is 6.07 Å². The van der Waals surface area contributed by atoms with Crippen LogP contribution < -0.4 is 5.73 Å². The lowest BCUT2D eigenvalue weighted by Crippen LogP contribution is -2.00. The van der Waals surface area contributed by atoms with Crippen LogP contribution in [-0.2, 0) is 6.42 Å². The summed E-state index contributed by atoms with van der Waals surface area (Å²) in [6.45, 7) is 9.22. The molecule has 126 valence electrons. The Labute approximate surface area is 146 Å². The molecule has 0 aromatic heterocycles. The Kier molecular flexibility index (Phi) is 8.54. The van der Waals surface area contributed by atoms with Crippen LogP contribution in [0, 0.1) is 39.0 Å². The number of hydrogen-bond donors (Lipinski definition) is 1. The van der Waals surface area contributed by atoms with Crippen LogP contribution in [0.15, 0.2) is 42.5 Å². The molecule has 0 spiro atoms. The molecular weight excluding hydrogens is 292 g/mol. The van der Waals surface area contributed by atoms with E-state index in [1.165, 1.54) is 33.9 Å². The third-order valence-corrected chi connectivity index (χ3v) is 4.12. The summed E-state index contributed by atoms with van der Waals surface area (Å²) in [4.78, 5) is 0. The number of allylic oxidation sites excluding steroid dienone is 1. The third kappa shape index (κ3) is 6.81. The van der Waals surface area contributed by atoms with Gasteiger partial charge in [0, 0.05) is 6.08 Å². The van der Waals surface area contributed by atoms with E-state index in [-0.39, 0.29) is 0 Å². The molecule has 0 aliphatic carbocycles. The zero-order valence-electron chi connectivity index (χ0n) is 15.3. The lowest BCUT2D eigenvalue weighted by Gasteiger charge is -2.03. The third-order valence-electron chi connectivity index (χ3n) is 4.12. The molecule has 2 aromatic carbocycles. The number of nitrogens with zero attached hydrogens (tertiary/aromatic N) is 1. The summed E-state index contributed by atoms with van der Waals surface area (Å²) in [5.41, 5.74) is 13.2. The number of rotatable bonds is 4. The first kappa shape index (κ1) is 19.7. The standard InChI is InChI=1S/C11H17N.C11H11N/c2*1-9-5-6-11(4-3-7-12)8-10(9)2/h5-6,8H,3-4,7,12H2,1-2H3;3-6,8H,1-2H3/b;4-3+. The van der Waals surface area contributed by atoms with Crippen molar-refractivity contribution in [2.24, 2.45) is 5.73 Å². The molecule has 24 heavy (non-hydrogen) atoms. The van der Waals surface area contributed by atoms with Crippen molar-refractivity contribution < 1.29 is 0 Å². The van der Waals surface area contributed by atoms with E-state index in [4.69, 9.17) is 11.0 Å². The Morgan fingerprint density at radius 2 is 1.54 bits per heavy atom. The Hall–Kier alpha value is -2.37. The van der Waals surface area contributed by atoms with Crippen molar-refractivity contribution in [3.05, 3.63) is 75.9 Å². The number of aryl methyl sites for hydroxylation is 5. The summed E-state index contributed by atoms with van der Waals surface area (Å²) in [5.74, 6) is 0. The summed E-state index contributed by atoms with van der Waals surface area (Å²) in [5, 5.41) is 8.31. The van der Waals surface area contributed by atoms with E-state index in [0.717, 1.165) is 24.9 Å². The van der Waals surface area contributed by atoms with Crippen LogP contribution in [0.25, 0.3) is 6.08 Å². The van der Waals surface area contributed by atoms with Gasteiger partial charge in [-0.3, -0.25) is 0 Å². The quantitative estimate of drug-likeness (QED) is 0.803. The molecule has 2 heteroatoms. The topological polar surface area (TPSA) is 49.8 Å². The fraction of sp³-hybridized carbons (Fsp3) is 0.318. The van der Waals surface area contributed by atoms with Gasteiger partial charge in [-0.1, -0.05) is 36.4 Å². The summed E-state index contributed by atoms with van der Waals surface area (Å²) >= 11 is 0. The van der Waals surface area contributed by atoms with Gasteiger partial charge in [-0.15, -0.1) is 0 Å². The van der Waals surface area contributed by atoms with E-state index in [1.807, 2.05) is 18.2 Å². The van der Waals surface area contributed by atoms with E-state index in [0.29, 0.717) is 0 Å². The second-order valence-electron chi connectivity index (χ2n) is 6.12. The monoisotopic (exact) mass is 320 g/mol. The Morgan fingerprint density at radius 1 is 0.917 bits per heavy atom. The van der Waals surface area contributed by atoms with Crippen molar-refractivity contribution >= 4 is 6.08 Å². The largest absolute Gasteiger partial charge is 0.330 e. The van der Waals surface area contributed by atoms with Crippen molar-refractivity contribution in [1.82, 2.24) is 0 Å². The van der Waals surface area contributed by atoms with Gasteiger partial charge in [-0.05, 0) is 86.5 Å². The normalized spacial score (nSPS) is 10.2. The maximum atomic E-state index is 8.31. The molecule has 0 aliphatic rings. The fourth-order valence-corrected chi connectivity index (χ4v) is 2.27. The summed E-state index contributed by atoms with van der Waals surface area (Å²) in [6.07, 6.45) is 5.50. The fourth-order valence-electron chi connectivity index (χ4n) is 2.27. The predicted molar refractivity (Wildman–Crippen MR) is 104 cm³/mol. The van der Waals surface area contributed by atoms with Gasteiger partial charge in [0.1, 0.15) is 0 Å². The number of nitrogens with two attached hydrogens (primary N) is 1. The molecule has 0 unspecified atom stereocenters. The molecule has 0 amide bonds. The molecule has 0 saturated carbocycles. The lowest BCUT2D eigenvalue weighted by atomic mass is 10.0. The van der Waals surface area contributed by atoms with Crippen molar-refractivity contribution in [3.63, 3.8) is 0 Å². The summed E-state index contributed by atoms with van der Waals surface area (Å²) in [7, 11) is 0. The van der Waals surface area contributed by atoms with Crippen molar-refractivity contribution in [3.8, 4) is 6.07 Å². The second-order valence-corrected chi connectivity index (χ2v) is 6.12. The Bertz CT molecular complexity index is 721. The van der Waals surface area contributed by atoms with Gasteiger partial charge in [-0.25, -0.2) is 0 Å².